The average Bonchev–Trinajstić information content (AvgIpc) is 3.09. The molecular weight excluding hydrogens is 294 g/mol. The highest BCUT2D eigenvalue weighted by Crippen LogP contribution is 2.19. The van der Waals surface area contributed by atoms with E-state index in [9.17, 15) is 9.59 Å². The van der Waals surface area contributed by atoms with Crippen LogP contribution in [0.1, 0.15) is 12.8 Å². The summed E-state index contributed by atoms with van der Waals surface area (Å²) < 4.78 is 1.88. The molecule has 1 aliphatic heterocycles. The first-order chi connectivity index (χ1) is 11.2. The van der Waals surface area contributed by atoms with E-state index in [1.807, 2.05) is 29.0 Å². The van der Waals surface area contributed by atoms with Crippen molar-refractivity contribution < 1.29 is 9.59 Å². The van der Waals surface area contributed by atoms with E-state index >= 15 is 0 Å². The lowest BCUT2D eigenvalue weighted by atomic mass is 10.1. The summed E-state index contributed by atoms with van der Waals surface area (Å²) in [6, 6.07) is 9.11. The van der Waals surface area contributed by atoms with Gasteiger partial charge in [-0.25, -0.2) is 9.99 Å². The average molecular weight is 311 g/mol. The molecule has 0 radical (unpaired) electrons. The predicted molar refractivity (Wildman–Crippen MR) is 85.8 cm³/mol. The molecule has 0 unspecified atom stereocenters. The molecule has 0 fully saturated rings. The second kappa shape index (κ2) is 6.87. The van der Waals surface area contributed by atoms with Crippen molar-refractivity contribution in [1.29, 1.82) is 0 Å². The van der Waals surface area contributed by atoms with Crippen molar-refractivity contribution in [2.24, 2.45) is 5.10 Å². The van der Waals surface area contributed by atoms with Gasteiger partial charge in [-0.1, -0.05) is 18.2 Å². The Morgan fingerprint density at radius 3 is 2.78 bits per heavy atom. The van der Waals surface area contributed by atoms with Gasteiger partial charge in [0.1, 0.15) is 5.71 Å². The number of rotatable bonds is 5. The summed E-state index contributed by atoms with van der Waals surface area (Å²) in [6.07, 6.45) is 5.86. The number of hydrogen-bond acceptors (Lipinski definition) is 4. The summed E-state index contributed by atoms with van der Waals surface area (Å²) in [7, 11) is 0. The van der Waals surface area contributed by atoms with Crippen LogP contribution in [0.2, 0.25) is 0 Å². The molecule has 0 saturated heterocycles. The van der Waals surface area contributed by atoms with Crippen molar-refractivity contribution in [2.45, 2.75) is 19.4 Å². The van der Waals surface area contributed by atoms with E-state index in [1.54, 1.807) is 24.7 Å². The standard InChI is InChI=1S/C16H17N5O2/c22-15-7-6-14(19-21(15)13-4-2-1-3-5-13)16(23)18-9-11-20-10-8-17-12-20/h1-5,8,10,12H,6-7,9,11H2,(H,18,23). The van der Waals surface area contributed by atoms with Crippen LogP contribution < -0.4 is 10.3 Å². The number of para-hydroxylation sites is 1. The van der Waals surface area contributed by atoms with Gasteiger partial charge in [0.25, 0.3) is 5.91 Å². The number of hydrazone groups is 1. The fourth-order valence-electron chi connectivity index (χ4n) is 2.31. The summed E-state index contributed by atoms with van der Waals surface area (Å²) in [5.41, 5.74) is 1.04. The lowest BCUT2D eigenvalue weighted by molar-refractivity contribution is -0.118. The third-order valence-electron chi connectivity index (χ3n) is 3.51. The molecule has 0 spiro atoms. The van der Waals surface area contributed by atoms with Gasteiger partial charge in [0.15, 0.2) is 0 Å². The maximum atomic E-state index is 12.2. The Kier molecular flexibility index (Phi) is 4.46. The van der Waals surface area contributed by atoms with Crippen molar-refractivity contribution in [1.82, 2.24) is 14.9 Å². The fourth-order valence-corrected chi connectivity index (χ4v) is 2.31. The Morgan fingerprint density at radius 1 is 1.22 bits per heavy atom. The number of hydrogen-bond donors (Lipinski definition) is 1. The van der Waals surface area contributed by atoms with E-state index in [2.05, 4.69) is 15.4 Å². The molecule has 118 valence electrons. The Labute approximate surface area is 133 Å². The molecule has 23 heavy (non-hydrogen) atoms. The Balaban J connectivity index is 1.64. The summed E-state index contributed by atoms with van der Waals surface area (Å²) in [5, 5.41) is 8.34. The third kappa shape index (κ3) is 3.63. The molecule has 0 atom stereocenters. The summed E-state index contributed by atoms with van der Waals surface area (Å²) in [6.45, 7) is 1.12. The topological polar surface area (TPSA) is 79.6 Å². The molecule has 2 aromatic rings. The molecule has 0 saturated carbocycles. The zero-order chi connectivity index (χ0) is 16.1. The smallest absolute Gasteiger partial charge is 0.267 e. The first-order valence-corrected chi connectivity index (χ1v) is 7.43. The zero-order valence-corrected chi connectivity index (χ0v) is 12.6. The Morgan fingerprint density at radius 2 is 2.04 bits per heavy atom. The highest BCUT2D eigenvalue weighted by Gasteiger charge is 2.25. The highest BCUT2D eigenvalue weighted by atomic mass is 16.2. The van der Waals surface area contributed by atoms with E-state index in [-0.39, 0.29) is 18.2 Å². The van der Waals surface area contributed by atoms with E-state index in [1.165, 1.54) is 5.01 Å². The summed E-state index contributed by atoms with van der Waals surface area (Å²) in [5.74, 6) is -0.343. The van der Waals surface area contributed by atoms with Gasteiger partial charge < -0.3 is 9.88 Å². The van der Waals surface area contributed by atoms with Crippen molar-refractivity contribution in [3.8, 4) is 0 Å². The van der Waals surface area contributed by atoms with Gasteiger partial charge in [0, 0.05) is 38.3 Å². The second-order valence-electron chi connectivity index (χ2n) is 5.14. The van der Waals surface area contributed by atoms with Crippen LogP contribution in [0.25, 0.3) is 0 Å². The molecule has 7 heteroatoms. The first-order valence-electron chi connectivity index (χ1n) is 7.43. The molecule has 7 nitrogen and oxygen atoms in total. The van der Waals surface area contributed by atoms with Crippen molar-refractivity contribution in [3.63, 3.8) is 0 Å². The predicted octanol–water partition coefficient (Wildman–Crippen LogP) is 1.18. The van der Waals surface area contributed by atoms with Crippen LogP contribution in [0, 0.1) is 0 Å². The molecule has 1 aromatic heterocycles. The SMILES string of the molecule is O=C(NCCn1ccnc1)C1=NN(c2ccccc2)C(=O)CC1. The van der Waals surface area contributed by atoms with Gasteiger partial charge in [-0.05, 0) is 12.1 Å². The number of nitrogens with zero attached hydrogens (tertiary/aromatic N) is 4. The molecule has 2 amide bonds. The minimum absolute atomic E-state index is 0.105. The van der Waals surface area contributed by atoms with Gasteiger partial charge in [0.2, 0.25) is 5.91 Å². The normalized spacial score (nSPS) is 14.5. The van der Waals surface area contributed by atoms with Crippen LogP contribution in [-0.2, 0) is 16.1 Å². The lowest BCUT2D eigenvalue weighted by Gasteiger charge is -2.23. The summed E-state index contributed by atoms with van der Waals surface area (Å²) in [4.78, 5) is 28.2. The van der Waals surface area contributed by atoms with Crippen LogP contribution >= 0.6 is 0 Å². The van der Waals surface area contributed by atoms with Gasteiger partial charge >= 0.3 is 0 Å². The van der Waals surface area contributed by atoms with Crippen LogP contribution in [0.3, 0.4) is 0 Å². The minimum atomic E-state index is -0.237. The molecule has 1 aromatic carbocycles. The molecule has 1 N–H and O–H groups in total. The quantitative estimate of drug-likeness (QED) is 0.900. The number of imidazole rings is 1. The Bertz CT molecular complexity index is 709. The van der Waals surface area contributed by atoms with Crippen LogP contribution in [0.4, 0.5) is 5.69 Å². The number of carbonyl (C=O) groups excluding carboxylic acids is 2. The van der Waals surface area contributed by atoms with E-state index in [0.717, 1.165) is 0 Å². The summed E-state index contributed by atoms with van der Waals surface area (Å²) >= 11 is 0. The number of nitrogens with one attached hydrogen (secondary N) is 1. The van der Waals surface area contributed by atoms with Gasteiger partial charge in [-0.2, -0.15) is 5.10 Å². The van der Waals surface area contributed by atoms with Crippen molar-refractivity contribution >= 4 is 23.2 Å². The van der Waals surface area contributed by atoms with Crippen molar-refractivity contribution in [3.05, 3.63) is 49.1 Å². The van der Waals surface area contributed by atoms with E-state index < -0.39 is 0 Å². The van der Waals surface area contributed by atoms with E-state index in [4.69, 9.17) is 0 Å². The lowest BCUT2D eigenvalue weighted by Crippen LogP contribution is -2.40. The zero-order valence-electron chi connectivity index (χ0n) is 12.6. The van der Waals surface area contributed by atoms with E-state index in [0.29, 0.717) is 30.9 Å². The number of amides is 2. The molecule has 0 bridgehead atoms. The van der Waals surface area contributed by atoms with Gasteiger partial charge in [-0.3, -0.25) is 9.59 Å². The maximum Gasteiger partial charge on any atom is 0.267 e. The monoisotopic (exact) mass is 311 g/mol. The molecule has 1 aliphatic rings. The maximum absolute atomic E-state index is 12.2. The van der Waals surface area contributed by atoms with Crippen molar-refractivity contribution in [2.75, 3.05) is 11.6 Å². The number of benzene rings is 1. The number of anilines is 1. The number of aromatic nitrogens is 2. The van der Waals surface area contributed by atoms with Gasteiger partial charge in [-0.15, -0.1) is 0 Å². The highest BCUT2D eigenvalue weighted by molar-refractivity contribution is 6.40. The molecular formula is C16H17N5O2. The molecule has 2 heterocycles. The van der Waals surface area contributed by atoms with Crippen LogP contribution in [0.15, 0.2) is 54.2 Å². The third-order valence-corrected chi connectivity index (χ3v) is 3.51. The van der Waals surface area contributed by atoms with Crippen LogP contribution in [0.5, 0.6) is 0 Å². The van der Waals surface area contributed by atoms with Gasteiger partial charge in [0.05, 0.1) is 12.0 Å². The molecule has 0 aliphatic carbocycles. The van der Waals surface area contributed by atoms with Crippen LogP contribution in [-0.4, -0.2) is 33.6 Å². The Hall–Kier alpha value is -2.96. The largest absolute Gasteiger partial charge is 0.349 e. The fraction of sp³-hybridized carbons (Fsp3) is 0.250. The molecule has 3 rings (SSSR count). The number of carbonyl (C=O) groups is 2. The minimum Gasteiger partial charge on any atom is -0.349 e. The first kappa shape index (κ1) is 15.0. The second-order valence-corrected chi connectivity index (χ2v) is 5.14.